The summed E-state index contributed by atoms with van der Waals surface area (Å²) in [5, 5.41) is 2.24. The van der Waals surface area contributed by atoms with Crippen LogP contribution in [-0.2, 0) is 0 Å². The molecule has 0 aliphatic carbocycles. The summed E-state index contributed by atoms with van der Waals surface area (Å²) >= 11 is 0. The van der Waals surface area contributed by atoms with E-state index in [-0.39, 0.29) is 0 Å². The van der Waals surface area contributed by atoms with Crippen LogP contribution in [0.3, 0.4) is 0 Å². The Balaban J connectivity index is 0.998. The number of benzene rings is 10. The predicted octanol–water partition coefficient (Wildman–Crippen LogP) is 16.6. The van der Waals surface area contributed by atoms with Gasteiger partial charge in [-0.2, -0.15) is 0 Å². The van der Waals surface area contributed by atoms with E-state index in [4.69, 9.17) is 4.74 Å². The molecule has 0 N–H and O–H groups in total. The number of nitrogens with zero attached hydrogens (tertiary/aromatic N) is 2. The zero-order valence-corrected chi connectivity index (χ0v) is 33.4. The third kappa shape index (κ3) is 6.88. The van der Waals surface area contributed by atoms with Crippen LogP contribution in [0, 0.1) is 0 Å². The van der Waals surface area contributed by atoms with Gasteiger partial charge in [-0.15, -0.1) is 0 Å². The van der Waals surface area contributed by atoms with Crippen molar-refractivity contribution in [2.24, 2.45) is 0 Å². The standard InChI is InChI=1S/C58H40N2O/c1-5-14-41(15-6-1)43-24-26-44(27-25-43)46-30-34-51(35-31-46)60(50-32-28-45(29-33-50)42-16-7-2-8-17-42)53-38-47-18-13-23-55-54-37-36-52(39-56(54)61-57(40-53)58(47)55)59(48-19-9-3-10-20-48)49-21-11-4-12-22-49/h1-40H. The molecule has 0 fully saturated rings. The number of ether oxygens (including phenoxy) is 1. The van der Waals surface area contributed by atoms with E-state index >= 15 is 0 Å². The van der Waals surface area contributed by atoms with Crippen molar-refractivity contribution in [3.63, 3.8) is 0 Å². The molecule has 1 aliphatic rings. The maximum absolute atomic E-state index is 7.02. The van der Waals surface area contributed by atoms with E-state index in [0.29, 0.717) is 0 Å². The molecule has 0 saturated heterocycles. The third-order valence-electron chi connectivity index (χ3n) is 11.6. The van der Waals surface area contributed by atoms with Crippen molar-refractivity contribution in [3.8, 4) is 56.0 Å². The average molecular weight is 781 g/mol. The summed E-state index contributed by atoms with van der Waals surface area (Å²) in [6.07, 6.45) is 0. The summed E-state index contributed by atoms with van der Waals surface area (Å²) in [5.41, 5.74) is 15.7. The van der Waals surface area contributed by atoms with Gasteiger partial charge >= 0.3 is 0 Å². The molecule has 3 heteroatoms. The first-order valence-corrected chi connectivity index (χ1v) is 20.7. The summed E-state index contributed by atoms with van der Waals surface area (Å²) in [4.78, 5) is 4.61. The Kier molecular flexibility index (Phi) is 9.18. The molecular weight excluding hydrogens is 741 g/mol. The quantitative estimate of drug-likeness (QED) is 0.145. The maximum Gasteiger partial charge on any atom is 0.138 e. The van der Waals surface area contributed by atoms with Crippen molar-refractivity contribution in [2.75, 3.05) is 9.80 Å². The van der Waals surface area contributed by atoms with Crippen LogP contribution in [0.2, 0.25) is 0 Å². The van der Waals surface area contributed by atoms with Crippen molar-refractivity contribution in [1.29, 1.82) is 0 Å². The highest BCUT2D eigenvalue weighted by Crippen LogP contribution is 2.51. The van der Waals surface area contributed by atoms with Crippen LogP contribution in [0.1, 0.15) is 0 Å². The van der Waals surface area contributed by atoms with Crippen molar-refractivity contribution in [2.45, 2.75) is 0 Å². The van der Waals surface area contributed by atoms with Crippen LogP contribution in [0.5, 0.6) is 11.5 Å². The Bertz CT molecular complexity index is 3070. The fraction of sp³-hybridized carbons (Fsp3) is 0. The largest absolute Gasteiger partial charge is 0.456 e. The molecule has 0 aromatic heterocycles. The van der Waals surface area contributed by atoms with Crippen LogP contribution in [0.25, 0.3) is 55.3 Å². The van der Waals surface area contributed by atoms with Crippen LogP contribution >= 0.6 is 0 Å². The van der Waals surface area contributed by atoms with Gasteiger partial charge in [0, 0.05) is 51.5 Å². The van der Waals surface area contributed by atoms with Crippen molar-refractivity contribution in [1.82, 2.24) is 0 Å². The average Bonchev–Trinajstić information content (AvgIpc) is 3.33. The second-order valence-corrected chi connectivity index (χ2v) is 15.4. The summed E-state index contributed by atoms with van der Waals surface area (Å²) in [5.74, 6) is 1.66. The first-order valence-electron chi connectivity index (χ1n) is 20.7. The topological polar surface area (TPSA) is 15.7 Å². The lowest BCUT2D eigenvalue weighted by Gasteiger charge is -2.30. The molecule has 10 aromatic rings. The molecule has 0 amide bonds. The van der Waals surface area contributed by atoms with Gasteiger partial charge in [-0.1, -0.05) is 164 Å². The van der Waals surface area contributed by atoms with Gasteiger partial charge in [0.1, 0.15) is 11.5 Å². The number of rotatable bonds is 9. The highest BCUT2D eigenvalue weighted by molar-refractivity contribution is 6.06. The Morgan fingerprint density at radius 1 is 0.246 bits per heavy atom. The highest BCUT2D eigenvalue weighted by atomic mass is 16.5. The van der Waals surface area contributed by atoms with Gasteiger partial charge in [0.15, 0.2) is 0 Å². The smallest absolute Gasteiger partial charge is 0.138 e. The summed E-state index contributed by atoms with van der Waals surface area (Å²) in [7, 11) is 0. The molecular formula is C58H40N2O. The van der Waals surface area contributed by atoms with Crippen molar-refractivity contribution < 1.29 is 4.74 Å². The van der Waals surface area contributed by atoms with Gasteiger partial charge < -0.3 is 14.5 Å². The molecule has 0 bridgehead atoms. The van der Waals surface area contributed by atoms with E-state index in [1.54, 1.807) is 0 Å². The Morgan fingerprint density at radius 2 is 0.639 bits per heavy atom. The second-order valence-electron chi connectivity index (χ2n) is 15.4. The minimum atomic E-state index is 0.827. The van der Waals surface area contributed by atoms with E-state index < -0.39 is 0 Å². The lowest BCUT2D eigenvalue weighted by molar-refractivity contribution is 0.487. The van der Waals surface area contributed by atoms with E-state index in [1.807, 2.05) is 0 Å². The number of fused-ring (bicyclic) bond motifs is 2. The molecule has 0 atom stereocenters. The van der Waals surface area contributed by atoms with E-state index in [1.165, 1.54) is 33.4 Å². The lowest BCUT2D eigenvalue weighted by Crippen LogP contribution is -2.11. The van der Waals surface area contributed by atoms with Crippen molar-refractivity contribution >= 4 is 44.9 Å². The van der Waals surface area contributed by atoms with Gasteiger partial charge in [-0.05, 0) is 111 Å². The van der Waals surface area contributed by atoms with Gasteiger partial charge in [-0.3, -0.25) is 0 Å². The minimum absolute atomic E-state index is 0.827. The molecule has 0 unspecified atom stereocenters. The number of hydrogen-bond acceptors (Lipinski definition) is 3. The zero-order chi connectivity index (χ0) is 40.5. The molecule has 11 rings (SSSR count). The minimum Gasteiger partial charge on any atom is -0.456 e. The summed E-state index contributed by atoms with van der Waals surface area (Å²) in [6.45, 7) is 0. The molecule has 1 heterocycles. The SMILES string of the molecule is c1ccc(-c2ccc(-c3ccc(N(c4ccc(-c5ccccc5)cc4)c4cc5c6c(cccc6c4)-c4ccc(N(c6ccccc6)c6ccccc6)cc4O5)cc3)cc2)cc1. The molecule has 0 spiro atoms. The monoisotopic (exact) mass is 780 g/mol. The highest BCUT2D eigenvalue weighted by Gasteiger charge is 2.25. The summed E-state index contributed by atoms with van der Waals surface area (Å²) in [6, 6.07) is 86.3. The number of anilines is 6. The van der Waals surface area contributed by atoms with Crippen LogP contribution in [0.15, 0.2) is 243 Å². The van der Waals surface area contributed by atoms with Crippen molar-refractivity contribution in [3.05, 3.63) is 243 Å². The van der Waals surface area contributed by atoms with Crippen LogP contribution < -0.4 is 14.5 Å². The van der Waals surface area contributed by atoms with Gasteiger partial charge in [-0.25, -0.2) is 0 Å². The molecule has 61 heavy (non-hydrogen) atoms. The Morgan fingerprint density at radius 3 is 1.15 bits per heavy atom. The normalized spacial score (nSPS) is 11.4. The fourth-order valence-electron chi connectivity index (χ4n) is 8.65. The predicted molar refractivity (Wildman–Crippen MR) is 255 cm³/mol. The maximum atomic E-state index is 7.02. The number of hydrogen-bond donors (Lipinski definition) is 0. The molecule has 10 aromatic carbocycles. The molecule has 0 saturated carbocycles. The Hall–Kier alpha value is -8.14. The molecule has 288 valence electrons. The summed E-state index contributed by atoms with van der Waals surface area (Å²) < 4.78 is 7.02. The molecule has 1 aliphatic heterocycles. The fourth-order valence-corrected chi connectivity index (χ4v) is 8.65. The molecule has 0 radical (unpaired) electrons. The first-order chi connectivity index (χ1) is 30.2. The Labute approximate surface area is 356 Å². The van der Waals surface area contributed by atoms with Crippen LogP contribution in [-0.4, -0.2) is 0 Å². The third-order valence-corrected chi connectivity index (χ3v) is 11.6. The second kappa shape index (κ2) is 15.6. The lowest BCUT2D eigenvalue weighted by atomic mass is 9.93. The van der Waals surface area contributed by atoms with Gasteiger partial charge in [0.05, 0.1) is 5.69 Å². The van der Waals surface area contributed by atoms with Gasteiger partial charge in [0.2, 0.25) is 0 Å². The van der Waals surface area contributed by atoms with E-state index in [9.17, 15) is 0 Å². The first kappa shape index (κ1) is 36.0. The van der Waals surface area contributed by atoms with Crippen LogP contribution in [0.4, 0.5) is 34.1 Å². The zero-order valence-electron chi connectivity index (χ0n) is 33.4. The van der Waals surface area contributed by atoms with E-state index in [2.05, 4.69) is 252 Å². The van der Waals surface area contributed by atoms with E-state index in [0.717, 1.165) is 67.5 Å². The molecule has 3 nitrogen and oxygen atoms in total. The van der Waals surface area contributed by atoms with Gasteiger partial charge in [0.25, 0.3) is 0 Å². The number of para-hydroxylation sites is 2.